The lowest BCUT2D eigenvalue weighted by molar-refractivity contribution is 0.569. The number of hydrogen-bond acceptors (Lipinski definition) is 1. The Morgan fingerprint density at radius 2 is 1.26 bits per heavy atom. The fourth-order valence-corrected chi connectivity index (χ4v) is 6.28. The fraction of sp³-hybridized carbons (Fsp3) is 0.250. The summed E-state index contributed by atoms with van der Waals surface area (Å²) in [4.78, 5) is 3.72. The van der Waals surface area contributed by atoms with Crippen LogP contribution in [0.4, 0.5) is 0 Å². The number of aromatic amines is 1. The van der Waals surface area contributed by atoms with Crippen LogP contribution in [-0.4, -0.2) is 4.98 Å². The Hall–Kier alpha value is -3.10. The Morgan fingerprint density at radius 1 is 0.588 bits per heavy atom. The van der Waals surface area contributed by atoms with Crippen molar-refractivity contribution in [2.24, 2.45) is 0 Å². The minimum absolute atomic E-state index is 0.105. The summed E-state index contributed by atoms with van der Waals surface area (Å²) in [6, 6.07) is 27.4. The molecule has 2 aromatic heterocycles. The summed E-state index contributed by atoms with van der Waals surface area (Å²) in [7, 11) is 0. The molecular weight excluding hydrogens is 430 g/mol. The second-order valence-corrected chi connectivity index (χ2v) is 12.7. The zero-order valence-corrected chi connectivity index (χ0v) is 21.7. The minimum Gasteiger partial charge on any atom is -0.354 e. The van der Waals surface area contributed by atoms with Crippen molar-refractivity contribution in [1.82, 2.24) is 4.98 Å². The van der Waals surface area contributed by atoms with E-state index in [4.69, 9.17) is 0 Å². The van der Waals surface area contributed by atoms with Crippen molar-refractivity contribution in [2.45, 2.75) is 52.4 Å². The average molecular weight is 462 g/mol. The zero-order valence-electron chi connectivity index (χ0n) is 20.8. The van der Waals surface area contributed by atoms with Crippen molar-refractivity contribution < 1.29 is 0 Å². The normalized spacial score (nSPS) is 13.0. The highest BCUT2D eigenvalue weighted by atomic mass is 32.1. The SMILES string of the molecule is CC(C)(C)c1cc(-c2ccc3c(c2)[nH]c2ccc4c5ccccc5sc4c23)cc(C(C)(C)C)c1. The highest BCUT2D eigenvalue weighted by Crippen LogP contribution is 2.42. The highest BCUT2D eigenvalue weighted by molar-refractivity contribution is 7.26. The number of nitrogens with one attached hydrogen (secondary N) is 1. The van der Waals surface area contributed by atoms with Gasteiger partial charge in [0.15, 0.2) is 0 Å². The molecule has 0 fully saturated rings. The van der Waals surface area contributed by atoms with Crippen molar-refractivity contribution in [1.29, 1.82) is 0 Å². The van der Waals surface area contributed by atoms with Crippen LogP contribution >= 0.6 is 11.3 Å². The quantitative estimate of drug-likeness (QED) is 0.251. The van der Waals surface area contributed by atoms with Gasteiger partial charge in [0.05, 0.1) is 0 Å². The first kappa shape index (κ1) is 21.4. The largest absolute Gasteiger partial charge is 0.354 e. The van der Waals surface area contributed by atoms with Gasteiger partial charge in [0.1, 0.15) is 0 Å². The maximum atomic E-state index is 3.72. The summed E-state index contributed by atoms with van der Waals surface area (Å²) < 4.78 is 2.73. The lowest BCUT2D eigenvalue weighted by atomic mass is 9.79. The zero-order chi connectivity index (χ0) is 23.8. The molecule has 0 unspecified atom stereocenters. The number of thiophene rings is 1. The number of H-pyrrole nitrogens is 1. The van der Waals surface area contributed by atoms with Gasteiger partial charge in [0.25, 0.3) is 0 Å². The Morgan fingerprint density at radius 3 is 1.97 bits per heavy atom. The Balaban J connectivity index is 1.59. The van der Waals surface area contributed by atoms with Crippen LogP contribution in [0.1, 0.15) is 52.7 Å². The van der Waals surface area contributed by atoms with Crippen LogP contribution in [-0.2, 0) is 10.8 Å². The summed E-state index contributed by atoms with van der Waals surface area (Å²) in [5.74, 6) is 0. The Labute approximate surface area is 205 Å². The van der Waals surface area contributed by atoms with Crippen molar-refractivity contribution in [2.75, 3.05) is 0 Å². The summed E-state index contributed by atoms with van der Waals surface area (Å²) in [6.07, 6.45) is 0. The van der Waals surface area contributed by atoms with Gasteiger partial charge in [0.2, 0.25) is 0 Å². The first-order chi connectivity index (χ1) is 16.1. The van der Waals surface area contributed by atoms with E-state index in [9.17, 15) is 0 Å². The van der Waals surface area contributed by atoms with Crippen LogP contribution in [0.5, 0.6) is 0 Å². The standard InChI is InChI=1S/C32H31NS/c1-31(2,3)21-15-20(16-22(18-21)32(4,5)6)19-11-12-25-27(17-19)33-26-14-13-24-23-9-7-8-10-28(23)34-30(24)29(25)26/h7-18,33H,1-6H3. The molecular formula is C32H31NS. The van der Waals surface area contributed by atoms with Gasteiger partial charge >= 0.3 is 0 Å². The molecule has 0 atom stereocenters. The molecule has 0 radical (unpaired) electrons. The monoisotopic (exact) mass is 461 g/mol. The first-order valence-corrected chi connectivity index (χ1v) is 12.9. The maximum Gasteiger partial charge on any atom is 0.0479 e. The van der Waals surface area contributed by atoms with Crippen molar-refractivity contribution >= 4 is 53.3 Å². The lowest BCUT2D eigenvalue weighted by Crippen LogP contribution is -2.16. The topological polar surface area (TPSA) is 15.8 Å². The molecule has 2 heterocycles. The van der Waals surface area contributed by atoms with E-state index in [0.29, 0.717) is 0 Å². The van der Waals surface area contributed by atoms with Gasteiger partial charge in [-0.05, 0) is 51.3 Å². The minimum atomic E-state index is 0.105. The van der Waals surface area contributed by atoms with Crippen molar-refractivity contribution in [3.05, 3.63) is 83.9 Å². The molecule has 6 aromatic rings. The third-order valence-electron chi connectivity index (χ3n) is 7.10. The molecule has 0 aliphatic carbocycles. The van der Waals surface area contributed by atoms with E-state index in [0.717, 1.165) is 0 Å². The van der Waals surface area contributed by atoms with Crippen LogP contribution in [0.2, 0.25) is 0 Å². The molecule has 0 aliphatic heterocycles. The molecule has 170 valence electrons. The van der Waals surface area contributed by atoms with E-state index in [2.05, 4.69) is 119 Å². The van der Waals surface area contributed by atoms with Gasteiger partial charge in [0, 0.05) is 42.0 Å². The van der Waals surface area contributed by atoms with E-state index >= 15 is 0 Å². The molecule has 0 saturated heterocycles. The number of hydrogen-bond donors (Lipinski definition) is 1. The molecule has 1 nitrogen and oxygen atoms in total. The number of aromatic nitrogens is 1. The predicted molar refractivity (Wildman–Crippen MR) is 152 cm³/mol. The van der Waals surface area contributed by atoms with E-state index in [1.807, 2.05) is 11.3 Å². The third kappa shape index (κ3) is 3.35. The summed E-state index contributed by atoms with van der Waals surface area (Å²) in [5, 5.41) is 5.35. The summed E-state index contributed by atoms with van der Waals surface area (Å²) >= 11 is 1.90. The molecule has 1 N–H and O–H groups in total. The van der Waals surface area contributed by atoms with Crippen molar-refractivity contribution in [3.63, 3.8) is 0 Å². The Bertz CT molecular complexity index is 1680. The van der Waals surface area contributed by atoms with Crippen LogP contribution < -0.4 is 0 Å². The summed E-state index contributed by atoms with van der Waals surface area (Å²) in [6.45, 7) is 13.8. The van der Waals surface area contributed by atoms with Crippen molar-refractivity contribution in [3.8, 4) is 11.1 Å². The summed E-state index contributed by atoms with van der Waals surface area (Å²) in [5.41, 5.74) is 7.97. The number of rotatable bonds is 1. The number of fused-ring (bicyclic) bond motifs is 7. The number of benzene rings is 4. The van der Waals surface area contributed by atoms with Crippen LogP contribution in [0.25, 0.3) is 53.1 Å². The second kappa shape index (κ2) is 7.20. The fourth-order valence-electron chi connectivity index (χ4n) is 5.01. The Kier molecular flexibility index (Phi) is 4.54. The smallest absolute Gasteiger partial charge is 0.0479 e. The van der Waals surface area contributed by atoms with E-state index < -0.39 is 0 Å². The van der Waals surface area contributed by atoms with E-state index in [-0.39, 0.29) is 10.8 Å². The molecule has 34 heavy (non-hydrogen) atoms. The maximum absolute atomic E-state index is 3.72. The molecule has 6 rings (SSSR count). The highest BCUT2D eigenvalue weighted by Gasteiger charge is 2.21. The molecule has 2 heteroatoms. The lowest BCUT2D eigenvalue weighted by Gasteiger charge is -2.26. The van der Waals surface area contributed by atoms with Gasteiger partial charge in [-0.1, -0.05) is 96.1 Å². The van der Waals surface area contributed by atoms with Gasteiger partial charge in [-0.3, -0.25) is 0 Å². The van der Waals surface area contributed by atoms with Crippen LogP contribution in [0, 0.1) is 0 Å². The predicted octanol–water partition coefficient (Wildman–Crippen LogP) is 9.95. The second-order valence-electron chi connectivity index (χ2n) is 11.6. The van der Waals surface area contributed by atoms with Gasteiger partial charge < -0.3 is 4.98 Å². The van der Waals surface area contributed by atoms with Gasteiger partial charge in [-0.15, -0.1) is 11.3 Å². The van der Waals surface area contributed by atoms with Gasteiger partial charge in [-0.2, -0.15) is 0 Å². The molecule has 4 aromatic carbocycles. The first-order valence-electron chi connectivity index (χ1n) is 12.1. The average Bonchev–Trinajstić information content (AvgIpc) is 3.35. The molecule has 0 spiro atoms. The molecule has 0 saturated carbocycles. The van der Waals surface area contributed by atoms with E-state index in [1.54, 1.807) is 0 Å². The molecule has 0 amide bonds. The molecule has 0 aliphatic rings. The van der Waals surface area contributed by atoms with Crippen LogP contribution in [0.15, 0.2) is 72.8 Å². The van der Waals surface area contributed by atoms with Crippen LogP contribution in [0.3, 0.4) is 0 Å². The third-order valence-corrected chi connectivity index (χ3v) is 8.31. The molecule has 0 bridgehead atoms. The van der Waals surface area contributed by atoms with E-state index in [1.165, 1.54) is 64.2 Å². The van der Waals surface area contributed by atoms with Gasteiger partial charge in [-0.25, -0.2) is 0 Å².